The fourth-order valence-electron chi connectivity index (χ4n) is 0.0791. The van der Waals surface area contributed by atoms with Crippen LogP contribution in [-0.4, -0.2) is 0 Å². The molecule has 0 spiro atoms. The van der Waals surface area contributed by atoms with Gasteiger partial charge in [0, 0.05) is 0 Å². The van der Waals surface area contributed by atoms with Gasteiger partial charge >= 0.3 is 0 Å². The molecule has 0 N–H and O–H groups in total. The molecule has 1 nitrogen and oxygen atoms in total. The molecule has 39 valence electrons. The molecule has 0 aromatic heterocycles. The number of hydrogen-bond donors (Lipinski definition) is 0. The van der Waals surface area contributed by atoms with Gasteiger partial charge in [-0.05, 0) is 20.3 Å². The maximum Gasteiger partial charge on any atom is 0.0686 e. The highest BCUT2D eigenvalue weighted by molar-refractivity contribution is 4.96. The van der Waals surface area contributed by atoms with Crippen LogP contribution in [0.15, 0.2) is 0 Å². The lowest BCUT2D eigenvalue weighted by atomic mass is 9.93. The second-order valence-corrected chi connectivity index (χ2v) is 2.03. The first kappa shape index (κ1) is 6.49. The SMILES string of the molecule is [CH2]C(C)(C#N)CC. The predicted molar refractivity (Wildman–Crippen MR) is 29.4 cm³/mol. The molecule has 7 heavy (non-hydrogen) atoms. The van der Waals surface area contributed by atoms with Crippen LogP contribution >= 0.6 is 0 Å². The van der Waals surface area contributed by atoms with E-state index in [-0.39, 0.29) is 5.41 Å². The van der Waals surface area contributed by atoms with Gasteiger partial charge in [-0.15, -0.1) is 0 Å². The summed E-state index contributed by atoms with van der Waals surface area (Å²) in [5.41, 5.74) is -0.361. The van der Waals surface area contributed by atoms with E-state index in [2.05, 4.69) is 13.0 Å². The number of hydrogen-bond acceptors (Lipinski definition) is 1. The molecule has 0 aliphatic carbocycles. The highest BCUT2D eigenvalue weighted by Crippen LogP contribution is 2.15. The standard InChI is InChI=1S/C6H10N/c1-4-6(2,3)5-7/h2,4H2,1,3H3. The van der Waals surface area contributed by atoms with Gasteiger partial charge < -0.3 is 0 Å². The molecule has 0 heterocycles. The highest BCUT2D eigenvalue weighted by atomic mass is 14.3. The van der Waals surface area contributed by atoms with Crippen LogP contribution in [0.2, 0.25) is 0 Å². The molecular weight excluding hydrogens is 86.1 g/mol. The van der Waals surface area contributed by atoms with Gasteiger partial charge in [-0.1, -0.05) is 6.92 Å². The minimum absolute atomic E-state index is 0.361. The Morgan fingerprint density at radius 3 is 2.29 bits per heavy atom. The smallest absolute Gasteiger partial charge is 0.0686 e. The monoisotopic (exact) mass is 96.1 g/mol. The van der Waals surface area contributed by atoms with Gasteiger partial charge in [-0.2, -0.15) is 5.26 Å². The molecule has 0 saturated carbocycles. The molecule has 1 atom stereocenters. The summed E-state index contributed by atoms with van der Waals surface area (Å²) >= 11 is 0. The summed E-state index contributed by atoms with van der Waals surface area (Å²) in [4.78, 5) is 0. The van der Waals surface area contributed by atoms with E-state index < -0.39 is 0 Å². The largest absolute Gasteiger partial charge is 0.198 e. The Balaban J connectivity index is 3.66. The van der Waals surface area contributed by atoms with Crippen molar-refractivity contribution in [1.82, 2.24) is 0 Å². The zero-order chi connectivity index (χ0) is 5.91. The zero-order valence-corrected chi connectivity index (χ0v) is 4.86. The molecule has 0 aromatic carbocycles. The molecule has 1 radical (unpaired) electrons. The van der Waals surface area contributed by atoms with Crippen LogP contribution in [0.4, 0.5) is 0 Å². The van der Waals surface area contributed by atoms with Crippen LogP contribution in [0.3, 0.4) is 0 Å². The van der Waals surface area contributed by atoms with Crippen molar-refractivity contribution < 1.29 is 0 Å². The summed E-state index contributed by atoms with van der Waals surface area (Å²) in [5, 5.41) is 8.28. The van der Waals surface area contributed by atoms with Crippen LogP contribution in [0, 0.1) is 23.7 Å². The van der Waals surface area contributed by atoms with Gasteiger partial charge in [0.05, 0.1) is 11.5 Å². The topological polar surface area (TPSA) is 23.8 Å². The first-order valence-corrected chi connectivity index (χ1v) is 2.39. The van der Waals surface area contributed by atoms with Crippen LogP contribution < -0.4 is 0 Å². The van der Waals surface area contributed by atoms with Crippen LogP contribution in [0.1, 0.15) is 20.3 Å². The summed E-state index contributed by atoms with van der Waals surface area (Å²) in [5.74, 6) is 0. The van der Waals surface area contributed by atoms with E-state index in [4.69, 9.17) is 5.26 Å². The molecule has 0 aromatic rings. The highest BCUT2D eigenvalue weighted by Gasteiger charge is 2.11. The number of rotatable bonds is 1. The molecule has 0 bridgehead atoms. The van der Waals surface area contributed by atoms with Crippen molar-refractivity contribution in [2.75, 3.05) is 0 Å². The summed E-state index contributed by atoms with van der Waals surface area (Å²) in [6, 6.07) is 2.08. The average molecular weight is 96.2 g/mol. The normalized spacial score (nSPS) is 10.6. The number of nitriles is 1. The van der Waals surface area contributed by atoms with E-state index in [1.807, 2.05) is 13.8 Å². The molecule has 0 aliphatic heterocycles. The molecule has 0 aliphatic rings. The van der Waals surface area contributed by atoms with Gasteiger partial charge in [0.15, 0.2) is 0 Å². The van der Waals surface area contributed by atoms with Crippen molar-refractivity contribution in [3.63, 3.8) is 0 Å². The van der Waals surface area contributed by atoms with Gasteiger partial charge in [-0.25, -0.2) is 0 Å². The van der Waals surface area contributed by atoms with Crippen molar-refractivity contribution in [2.45, 2.75) is 20.3 Å². The average Bonchev–Trinajstić information content (AvgIpc) is 1.68. The second-order valence-electron chi connectivity index (χ2n) is 2.03. The number of nitrogens with zero attached hydrogens (tertiary/aromatic N) is 1. The van der Waals surface area contributed by atoms with E-state index in [9.17, 15) is 0 Å². The van der Waals surface area contributed by atoms with Gasteiger partial charge in [-0.3, -0.25) is 0 Å². The van der Waals surface area contributed by atoms with Gasteiger partial charge in [0.1, 0.15) is 0 Å². The van der Waals surface area contributed by atoms with E-state index >= 15 is 0 Å². The molecule has 0 amide bonds. The lowest BCUT2D eigenvalue weighted by Crippen LogP contribution is -2.04. The first-order chi connectivity index (χ1) is 3.12. The van der Waals surface area contributed by atoms with Gasteiger partial charge in [0.2, 0.25) is 0 Å². The molecular formula is C6H10N. The molecule has 0 saturated heterocycles. The van der Waals surface area contributed by atoms with E-state index in [1.165, 1.54) is 0 Å². The summed E-state index contributed by atoms with van der Waals surface area (Å²) in [6.07, 6.45) is 0.823. The van der Waals surface area contributed by atoms with Crippen molar-refractivity contribution in [1.29, 1.82) is 5.26 Å². The Labute approximate surface area is 45.0 Å². The molecule has 0 rings (SSSR count). The predicted octanol–water partition coefficient (Wildman–Crippen LogP) is 1.76. The Morgan fingerprint density at radius 1 is 1.86 bits per heavy atom. The second kappa shape index (κ2) is 1.97. The van der Waals surface area contributed by atoms with E-state index in [0.29, 0.717) is 0 Å². The molecule has 1 unspecified atom stereocenters. The first-order valence-electron chi connectivity index (χ1n) is 2.39. The third kappa shape index (κ3) is 2.22. The minimum Gasteiger partial charge on any atom is -0.198 e. The fraction of sp³-hybridized carbons (Fsp3) is 0.667. The van der Waals surface area contributed by atoms with E-state index in [0.717, 1.165) is 6.42 Å². The summed E-state index contributed by atoms with van der Waals surface area (Å²) < 4.78 is 0. The maximum absolute atomic E-state index is 8.28. The van der Waals surface area contributed by atoms with Crippen molar-refractivity contribution in [3.05, 3.63) is 6.92 Å². The van der Waals surface area contributed by atoms with Crippen molar-refractivity contribution in [3.8, 4) is 6.07 Å². The van der Waals surface area contributed by atoms with Gasteiger partial charge in [0.25, 0.3) is 0 Å². The van der Waals surface area contributed by atoms with Crippen molar-refractivity contribution in [2.24, 2.45) is 5.41 Å². The summed E-state index contributed by atoms with van der Waals surface area (Å²) in [7, 11) is 0. The van der Waals surface area contributed by atoms with Crippen molar-refractivity contribution >= 4 is 0 Å². The lowest BCUT2D eigenvalue weighted by Gasteiger charge is -2.08. The quantitative estimate of drug-likeness (QED) is 0.488. The molecule has 0 fully saturated rings. The summed E-state index contributed by atoms with van der Waals surface area (Å²) in [6.45, 7) is 7.43. The van der Waals surface area contributed by atoms with Crippen LogP contribution in [-0.2, 0) is 0 Å². The fourth-order valence-corrected chi connectivity index (χ4v) is 0.0791. The zero-order valence-electron chi connectivity index (χ0n) is 4.86. The Morgan fingerprint density at radius 2 is 2.29 bits per heavy atom. The third-order valence-corrected chi connectivity index (χ3v) is 1.05. The minimum atomic E-state index is -0.361. The lowest BCUT2D eigenvalue weighted by molar-refractivity contribution is 0.541. The maximum atomic E-state index is 8.28. The Hall–Kier alpha value is -0.510. The Kier molecular flexibility index (Phi) is 1.83. The molecule has 1 heteroatoms. The van der Waals surface area contributed by atoms with Crippen LogP contribution in [0.25, 0.3) is 0 Å². The third-order valence-electron chi connectivity index (χ3n) is 1.05. The Bertz CT molecular complexity index is 86.8. The van der Waals surface area contributed by atoms with Crippen LogP contribution in [0.5, 0.6) is 0 Å². The van der Waals surface area contributed by atoms with E-state index in [1.54, 1.807) is 0 Å².